The van der Waals surface area contributed by atoms with Crippen LogP contribution in [0.25, 0.3) is 5.65 Å². The topological polar surface area (TPSA) is 65.7 Å². The number of ether oxygens (including phenoxy) is 2. The minimum absolute atomic E-state index is 0.216. The zero-order valence-electron chi connectivity index (χ0n) is 11.7. The fraction of sp³-hybridized carbons (Fsp3) is 0.133. The Morgan fingerprint density at radius 1 is 1.18 bits per heavy atom. The van der Waals surface area contributed by atoms with Gasteiger partial charge in [-0.15, -0.1) is 10.2 Å². The number of hydrogen-bond acceptors (Lipinski definition) is 5. The SMILES string of the molecule is COC(=O)c1ccc2nnc(COc3ccc(Cl)cc3)n2c1. The maximum atomic E-state index is 11.6. The number of esters is 1. The Morgan fingerprint density at radius 3 is 2.68 bits per heavy atom. The molecule has 0 spiro atoms. The van der Waals surface area contributed by atoms with Gasteiger partial charge < -0.3 is 9.47 Å². The number of rotatable bonds is 4. The number of methoxy groups -OCH3 is 1. The third kappa shape index (κ3) is 2.87. The van der Waals surface area contributed by atoms with E-state index in [9.17, 15) is 4.79 Å². The molecule has 22 heavy (non-hydrogen) atoms. The van der Waals surface area contributed by atoms with Gasteiger partial charge in [0.1, 0.15) is 12.4 Å². The quantitative estimate of drug-likeness (QED) is 0.692. The zero-order chi connectivity index (χ0) is 15.5. The number of hydrogen-bond donors (Lipinski definition) is 0. The van der Waals surface area contributed by atoms with Crippen LogP contribution < -0.4 is 4.74 Å². The van der Waals surface area contributed by atoms with E-state index in [0.717, 1.165) is 0 Å². The van der Waals surface area contributed by atoms with E-state index in [2.05, 4.69) is 10.2 Å². The molecule has 2 heterocycles. The number of carbonyl (C=O) groups is 1. The highest BCUT2D eigenvalue weighted by atomic mass is 35.5. The van der Waals surface area contributed by atoms with Gasteiger partial charge in [0.25, 0.3) is 0 Å². The van der Waals surface area contributed by atoms with Crippen LogP contribution in [0.2, 0.25) is 5.02 Å². The monoisotopic (exact) mass is 317 g/mol. The number of nitrogens with zero attached hydrogens (tertiary/aromatic N) is 3. The van der Waals surface area contributed by atoms with Crippen LogP contribution >= 0.6 is 11.6 Å². The largest absolute Gasteiger partial charge is 0.486 e. The first-order valence-corrected chi connectivity index (χ1v) is 6.85. The summed E-state index contributed by atoms with van der Waals surface area (Å²) in [7, 11) is 1.34. The Hall–Kier alpha value is -2.60. The molecule has 0 aliphatic carbocycles. The van der Waals surface area contributed by atoms with Crippen molar-refractivity contribution in [2.75, 3.05) is 7.11 Å². The van der Waals surface area contributed by atoms with Gasteiger partial charge in [-0.1, -0.05) is 11.6 Å². The lowest BCUT2D eigenvalue weighted by molar-refractivity contribution is 0.0600. The van der Waals surface area contributed by atoms with Gasteiger partial charge in [-0.05, 0) is 36.4 Å². The van der Waals surface area contributed by atoms with Crippen molar-refractivity contribution in [1.82, 2.24) is 14.6 Å². The van der Waals surface area contributed by atoms with E-state index >= 15 is 0 Å². The summed E-state index contributed by atoms with van der Waals surface area (Å²) < 4.78 is 12.0. The average Bonchev–Trinajstić information content (AvgIpc) is 2.96. The highest BCUT2D eigenvalue weighted by Gasteiger charge is 2.11. The summed E-state index contributed by atoms with van der Waals surface area (Å²) in [6.45, 7) is 0.216. The van der Waals surface area contributed by atoms with Crippen molar-refractivity contribution in [2.24, 2.45) is 0 Å². The number of fused-ring (bicyclic) bond motifs is 1. The van der Waals surface area contributed by atoms with Crippen molar-refractivity contribution in [3.63, 3.8) is 0 Å². The molecule has 0 atom stereocenters. The molecule has 0 saturated carbocycles. The highest BCUT2D eigenvalue weighted by molar-refractivity contribution is 6.30. The maximum Gasteiger partial charge on any atom is 0.339 e. The first-order chi connectivity index (χ1) is 10.7. The molecule has 1 aromatic carbocycles. The van der Waals surface area contributed by atoms with Crippen LogP contribution in [0.5, 0.6) is 5.75 Å². The zero-order valence-corrected chi connectivity index (χ0v) is 12.4. The van der Waals surface area contributed by atoms with Crippen LogP contribution in [-0.2, 0) is 11.3 Å². The first-order valence-electron chi connectivity index (χ1n) is 6.48. The molecular formula is C15H12ClN3O3. The molecule has 7 heteroatoms. The second kappa shape index (κ2) is 6.03. The third-order valence-electron chi connectivity index (χ3n) is 3.08. The van der Waals surface area contributed by atoms with Gasteiger partial charge in [0, 0.05) is 11.2 Å². The van der Waals surface area contributed by atoms with E-state index in [4.69, 9.17) is 21.1 Å². The molecule has 0 unspecified atom stereocenters. The van der Waals surface area contributed by atoms with E-state index in [0.29, 0.717) is 27.8 Å². The molecule has 0 radical (unpaired) electrons. The lowest BCUT2D eigenvalue weighted by atomic mass is 10.3. The number of benzene rings is 1. The van der Waals surface area contributed by atoms with Crippen LogP contribution in [-0.4, -0.2) is 27.7 Å². The normalized spacial score (nSPS) is 10.6. The third-order valence-corrected chi connectivity index (χ3v) is 3.33. The number of aromatic nitrogens is 3. The van der Waals surface area contributed by atoms with E-state index in [1.54, 1.807) is 47.0 Å². The van der Waals surface area contributed by atoms with Crippen molar-refractivity contribution in [1.29, 1.82) is 0 Å². The van der Waals surface area contributed by atoms with Gasteiger partial charge in [-0.3, -0.25) is 4.40 Å². The van der Waals surface area contributed by atoms with Gasteiger partial charge in [-0.2, -0.15) is 0 Å². The Balaban J connectivity index is 1.84. The Kier molecular flexibility index (Phi) is 3.93. The molecule has 0 aliphatic rings. The molecule has 0 bridgehead atoms. The lowest BCUT2D eigenvalue weighted by Gasteiger charge is -2.06. The molecule has 0 fully saturated rings. The van der Waals surface area contributed by atoms with Crippen molar-refractivity contribution < 1.29 is 14.3 Å². The van der Waals surface area contributed by atoms with Gasteiger partial charge in [0.2, 0.25) is 0 Å². The van der Waals surface area contributed by atoms with Crippen LogP contribution in [0.1, 0.15) is 16.2 Å². The highest BCUT2D eigenvalue weighted by Crippen LogP contribution is 2.17. The minimum atomic E-state index is -0.417. The van der Waals surface area contributed by atoms with Crippen molar-refractivity contribution >= 4 is 23.2 Å². The number of halogens is 1. The first kappa shape index (κ1) is 14.3. The molecule has 0 aliphatic heterocycles. The molecule has 0 N–H and O–H groups in total. The summed E-state index contributed by atoms with van der Waals surface area (Å²) in [5.74, 6) is 0.834. The molecule has 0 saturated heterocycles. The van der Waals surface area contributed by atoms with Gasteiger partial charge >= 0.3 is 5.97 Å². The Labute approximate surface area is 131 Å². The van der Waals surface area contributed by atoms with Gasteiger partial charge in [-0.25, -0.2) is 4.79 Å². The number of carbonyl (C=O) groups excluding carboxylic acids is 1. The summed E-state index contributed by atoms with van der Waals surface area (Å²) in [6.07, 6.45) is 1.63. The maximum absolute atomic E-state index is 11.6. The molecule has 112 valence electrons. The summed E-state index contributed by atoms with van der Waals surface area (Å²) in [6, 6.07) is 10.4. The molecule has 3 rings (SSSR count). The minimum Gasteiger partial charge on any atom is -0.486 e. The average molecular weight is 318 g/mol. The molecule has 3 aromatic rings. The second-order valence-electron chi connectivity index (χ2n) is 4.50. The molecule has 2 aromatic heterocycles. The summed E-state index contributed by atoms with van der Waals surface area (Å²) in [4.78, 5) is 11.6. The predicted molar refractivity (Wildman–Crippen MR) is 80.1 cm³/mol. The Bertz CT molecular complexity index is 815. The smallest absolute Gasteiger partial charge is 0.339 e. The molecule has 0 amide bonds. The van der Waals surface area contributed by atoms with Crippen molar-refractivity contribution in [3.05, 3.63) is 59.0 Å². The summed E-state index contributed by atoms with van der Waals surface area (Å²) in [5, 5.41) is 8.74. The van der Waals surface area contributed by atoms with Gasteiger partial charge in [0.05, 0.1) is 12.7 Å². The van der Waals surface area contributed by atoms with Crippen LogP contribution in [0.15, 0.2) is 42.6 Å². The van der Waals surface area contributed by atoms with E-state index in [1.807, 2.05) is 0 Å². The van der Waals surface area contributed by atoms with Gasteiger partial charge in [0.15, 0.2) is 11.5 Å². The Morgan fingerprint density at radius 2 is 1.95 bits per heavy atom. The van der Waals surface area contributed by atoms with Crippen LogP contribution in [0.3, 0.4) is 0 Å². The summed E-state index contributed by atoms with van der Waals surface area (Å²) in [5.41, 5.74) is 1.05. The van der Waals surface area contributed by atoms with E-state index < -0.39 is 5.97 Å². The standard InChI is InChI=1S/C15H12ClN3O3/c1-21-15(20)10-2-7-13-17-18-14(19(13)8-10)9-22-12-5-3-11(16)4-6-12/h2-8H,9H2,1H3. The lowest BCUT2D eigenvalue weighted by Crippen LogP contribution is -2.05. The molecule has 6 nitrogen and oxygen atoms in total. The second-order valence-corrected chi connectivity index (χ2v) is 4.93. The van der Waals surface area contributed by atoms with Crippen molar-refractivity contribution in [3.8, 4) is 5.75 Å². The summed E-state index contributed by atoms with van der Waals surface area (Å²) >= 11 is 5.82. The fourth-order valence-corrected chi connectivity index (χ4v) is 2.08. The predicted octanol–water partition coefficient (Wildman–Crippen LogP) is 2.75. The fourth-order valence-electron chi connectivity index (χ4n) is 1.95. The van der Waals surface area contributed by atoms with E-state index in [1.165, 1.54) is 7.11 Å². The van der Waals surface area contributed by atoms with Crippen LogP contribution in [0.4, 0.5) is 0 Å². The number of pyridine rings is 1. The van der Waals surface area contributed by atoms with Crippen molar-refractivity contribution in [2.45, 2.75) is 6.61 Å². The molecular weight excluding hydrogens is 306 g/mol. The van der Waals surface area contributed by atoms with Crippen LogP contribution in [0, 0.1) is 0 Å². The van der Waals surface area contributed by atoms with E-state index in [-0.39, 0.29) is 6.61 Å².